The molecular formula is C12H17OP. The third-order valence-corrected chi connectivity index (χ3v) is 4.86. The molecule has 0 saturated carbocycles. The van der Waals surface area contributed by atoms with Crippen LogP contribution in [-0.2, 0) is 4.57 Å². The van der Waals surface area contributed by atoms with E-state index in [4.69, 9.17) is 0 Å². The van der Waals surface area contributed by atoms with Gasteiger partial charge in [-0.1, -0.05) is 36.4 Å². The molecule has 0 bridgehead atoms. The molecule has 0 N–H and O–H groups in total. The molecule has 0 aromatic heterocycles. The van der Waals surface area contributed by atoms with Gasteiger partial charge in [-0.15, -0.1) is 6.58 Å². The Morgan fingerprint density at radius 1 is 1.36 bits per heavy atom. The molecule has 0 aliphatic heterocycles. The molecule has 0 aliphatic carbocycles. The van der Waals surface area contributed by atoms with Crippen LogP contribution in [0.4, 0.5) is 0 Å². The van der Waals surface area contributed by atoms with Crippen molar-refractivity contribution in [3.8, 4) is 0 Å². The van der Waals surface area contributed by atoms with E-state index in [1.165, 1.54) is 0 Å². The molecule has 0 aliphatic rings. The van der Waals surface area contributed by atoms with E-state index in [-0.39, 0.29) is 0 Å². The van der Waals surface area contributed by atoms with Crippen molar-refractivity contribution < 1.29 is 4.57 Å². The van der Waals surface area contributed by atoms with Gasteiger partial charge in [0.05, 0.1) is 0 Å². The van der Waals surface area contributed by atoms with Crippen LogP contribution in [0.3, 0.4) is 0 Å². The minimum absolute atomic E-state index is 0.781. The predicted molar refractivity (Wildman–Crippen MR) is 63.9 cm³/mol. The highest BCUT2D eigenvalue weighted by molar-refractivity contribution is 7.70. The molecular weight excluding hydrogens is 191 g/mol. The fourth-order valence-electron chi connectivity index (χ4n) is 1.41. The van der Waals surface area contributed by atoms with Crippen LogP contribution in [0.15, 0.2) is 43.0 Å². The highest BCUT2D eigenvalue weighted by Gasteiger charge is 2.16. The average Bonchev–Trinajstić information content (AvgIpc) is 2.19. The van der Waals surface area contributed by atoms with Crippen molar-refractivity contribution in [1.29, 1.82) is 0 Å². The van der Waals surface area contributed by atoms with Crippen molar-refractivity contribution >= 4 is 12.4 Å². The second-order valence-electron chi connectivity index (χ2n) is 3.59. The second kappa shape index (κ2) is 5.17. The molecule has 0 heterocycles. The zero-order chi connectivity index (χ0) is 10.4. The normalized spacial score (nSPS) is 14.6. The maximum absolute atomic E-state index is 12.3. The van der Waals surface area contributed by atoms with Gasteiger partial charge in [0.2, 0.25) is 0 Å². The van der Waals surface area contributed by atoms with Gasteiger partial charge in [-0.25, -0.2) is 0 Å². The number of unbranched alkanes of at least 4 members (excludes halogenated alkanes) is 1. The van der Waals surface area contributed by atoms with Crippen LogP contribution >= 0.6 is 7.14 Å². The predicted octanol–water partition coefficient (Wildman–Crippen LogP) is 3.27. The molecule has 1 nitrogen and oxygen atoms in total. The quantitative estimate of drug-likeness (QED) is 0.412. The summed E-state index contributed by atoms with van der Waals surface area (Å²) < 4.78 is 12.3. The number of rotatable bonds is 5. The molecule has 1 aromatic rings. The Bertz CT molecular complexity index is 329. The molecule has 14 heavy (non-hydrogen) atoms. The summed E-state index contributed by atoms with van der Waals surface area (Å²) in [6.07, 6.45) is 4.57. The first-order valence-corrected chi connectivity index (χ1v) is 7.24. The first-order valence-electron chi connectivity index (χ1n) is 4.90. The van der Waals surface area contributed by atoms with Gasteiger partial charge in [0, 0.05) is 11.5 Å². The van der Waals surface area contributed by atoms with Crippen LogP contribution in [0, 0.1) is 0 Å². The number of hydrogen-bond donors (Lipinski definition) is 0. The van der Waals surface area contributed by atoms with Crippen LogP contribution in [0.1, 0.15) is 12.8 Å². The second-order valence-corrected chi connectivity index (χ2v) is 6.76. The highest BCUT2D eigenvalue weighted by Crippen LogP contribution is 2.40. The van der Waals surface area contributed by atoms with Crippen molar-refractivity contribution in [2.75, 3.05) is 12.8 Å². The Morgan fingerprint density at radius 2 is 2.00 bits per heavy atom. The SMILES string of the molecule is C=CCCC[P@@](C)(=O)c1ccccc1. The summed E-state index contributed by atoms with van der Waals surface area (Å²) in [5.41, 5.74) is 0. The van der Waals surface area contributed by atoms with Crippen molar-refractivity contribution in [3.63, 3.8) is 0 Å². The van der Waals surface area contributed by atoms with E-state index in [0.29, 0.717) is 0 Å². The molecule has 0 radical (unpaired) electrons. The standard InChI is InChI=1S/C12H17OP/c1-3-4-8-11-14(2,13)12-9-6-5-7-10-12/h3,5-7,9-10H,1,4,8,11H2,2H3/t14-/m1/s1. The third kappa shape index (κ3) is 3.16. The monoisotopic (exact) mass is 208 g/mol. The van der Waals surface area contributed by atoms with E-state index < -0.39 is 7.14 Å². The van der Waals surface area contributed by atoms with Crippen molar-refractivity contribution in [2.24, 2.45) is 0 Å². The van der Waals surface area contributed by atoms with Crippen molar-refractivity contribution in [3.05, 3.63) is 43.0 Å². The van der Waals surface area contributed by atoms with Gasteiger partial charge in [0.15, 0.2) is 0 Å². The summed E-state index contributed by atoms with van der Waals surface area (Å²) in [6, 6.07) is 9.74. The van der Waals surface area contributed by atoms with Crippen molar-refractivity contribution in [2.45, 2.75) is 12.8 Å². The summed E-state index contributed by atoms with van der Waals surface area (Å²) in [5.74, 6) is 0. The molecule has 1 atom stereocenters. The van der Waals surface area contributed by atoms with Gasteiger partial charge < -0.3 is 4.57 Å². The summed E-state index contributed by atoms with van der Waals surface area (Å²) in [7, 11) is -2.12. The zero-order valence-electron chi connectivity index (χ0n) is 8.65. The van der Waals surface area contributed by atoms with Gasteiger partial charge in [-0.3, -0.25) is 0 Å². The minimum Gasteiger partial charge on any atom is -0.319 e. The summed E-state index contributed by atoms with van der Waals surface area (Å²) >= 11 is 0. The molecule has 0 unspecified atom stereocenters. The molecule has 0 fully saturated rings. The van der Waals surface area contributed by atoms with Gasteiger partial charge >= 0.3 is 0 Å². The smallest absolute Gasteiger partial charge is 0.112 e. The average molecular weight is 208 g/mol. The minimum atomic E-state index is -2.12. The van der Waals surface area contributed by atoms with Crippen LogP contribution in [0.25, 0.3) is 0 Å². The molecule has 1 rings (SSSR count). The van der Waals surface area contributed by atoms with E-state index in [9.17, 15) is 4.57 Å². The molecule has 1 aromatic carbocycles. The summed E-state index contributed by atoms with van der Waals surface area (Å²) in [4.78, 5) is 0. The lowest BCUT2D eigenvalue weighted by Crippen LogP contribution is -2.05. The maximum Gasteiger partial charge on any atom is 0.112 e. The molecule has 0 saturated heterocycles. The number of hydrogen-bond acceptors (Lipinski definition) is 1. The summed E-state index contributed by atoms with van der Waals surface area (Å²) in [6.45, 7) is 5.53. The first-order chi connectivity index (χ1) is 6.67. The Labute approximate surface area is 86.2 Å². The highest BCUT2D eigenvalue weighted by atomic mass is 31.2. The largest absolute Gasteiger partial charge is 0.319 e. The Balaban J connectivity index is 2.66. The fourth-order valence-corrected chi connectivity index (χ4v) is 3.26. The van der Waals surface area contributed by atoms with E-state index in [2.05, 4.69) is 6.58 Å². The van der Waals surface area contributed by atoms with Gasteiger partial charge in [-0.05, 0) is 19.5 Å². The van der Waals surface area contributed by atoms with Crippen LogP contribution in [-0.4, -0.2) is 12.8 Å². The van der Waals surface area contributed by atoms with Gasteiger partial charge in [0.1, 0.15) is 7.14 Å². The van der Waals surface area contributed by atoms with E-state index in [0.717, 1.165) is 24.3 Å². The Hall–Kier alpha value is -0.810. The van der Waals surface area contributed by atoms with Crippen LogP contribution in [0.2, 0.25) is 0 Å². The molecule has 76 valence electrons. The fraction of sp³-hybridized carbons (Fsp3) is 0.333. The zero-order valence-corrected chi connectivity index (χ0v) is 9.54. The third-order valence-electron chi connectivity index (χ3n) is 2.30. The van der Waals surface area contributed by atoms with Gasteiger partial charge in [-0.2, -0.15) is 0 Å². The Morgan fingerprint density at radius 3 is 2.57 bits per heavy atom. The lowest BCUT2D eigenvalue weighted by Gasteiger charge is -2.12. The van der Waals surface area contributed by atoms with E-state index in [1.807, 2.05) is 43.1 Å². The first kappa shape index (κ1) is 11.3. The van der Waals surface area contributed by atoms with E-state index >= 15 is 0 Å². The van der Waals surface area contributed by atoms with Gasteiger partial charge in [0.25, 0.3) is 0 Å². The maximum atomic E-state index is 12.3. The van der Waals surface area contributed by atoms with Crippen LogP contribution < -0.4 is 5.30 Å². The number of allylic oxidation sites excluding steroid dienone is 1. The Kier molecular flexibility index (Phi) is 4.16. The number of benzene rings is 1. The molecule has 0 amide bonds. The topological polar surface area (TPSA) is 17.1 Å². The summed E-state index contributed by atoms with van der Waals surface area (Å²) in [5, 5.41) is 0.990. The lowest BCUT2D eigenvalue weighted by atomic mass is 10.3. The van der Waals surface area contributed by atoms with Crippen molar-refractivity contribution in [1.82, 2.24) is 0 Å². The van der Waals surface area contributed by atoms with E-state index in [1.54, 1.807) is 0 Å². The lowest BCUT2D eigenvalue weighted by molar-refractivity contribution is 0.583. The van der Waals surface area contributed by atoms with Crippen LogP contribution in [0.5, 0.6) is 0 Å². The molecule has 2 heteroatoms. The molecule has 0 spiro atoms.